The molecule has 3 aromatic rings. The average molecular weight is 432 g/mol. The summed E-state index contributed by atoms with van der Waals surface area (Å²) in [6.45, 7) is 5.62. The molecule has 3 aliphatic heterocycles. The van der Waals surface area contributed by atoms with E-state index in [4.69, 9.17) is 4.74 Å². The Morgan fingerprint density at radius 1 is 1.12 bits per heavy atom. The minimum absolute atomic E-state index is 0.00755. The monoisotopic (exact) mass is 431 g/mol. The van der Waals surface area contributed by atoms with Gasteiger partial charge < -0.3 is 24.3 Å². The van der Waals surface area contributed by atoms with Gasteiger partial charge in [0.2, 0.25) is 0 Å². The van der Waals surface area contributed by atoms with Gasteiger partial charge in [0.1, 0.15) is 0 Å². The summed E-state index contributed by atoms with van der Waals surface area (Å²) in [4.78, 5) is 21.6. The Bertz CT molecular complexity index is 1150. The van der Waals surface area contributed by atoms with E-state index in [2.05, 4.69) is 50.9 Å². The Morgan fingerprint density at radius 2 is 1.91 bits per heavy atom. The van der Waals surface area contributed by atoms with Crippen molar-refractivity contribution < 1.29 is 9.53 Å². The maximum absolute atomic E-state index is 12.6. The summed E-state index contributed by atoms with van der Waals surface area (Å²) in [7, 11) is 0. The first-order valence-corrected chi connectivity index (χ1v) is 11.7. The minimum Gasteiger partial charge on any atom is -0.371 e. The second kappa shape index (κ2) is 7.81. The average Bonchev–Trinajstić information content (AvgIpc) is 3.55. The standard InChI is InChI=1S/C25H29N5O2/c1-17-4-5-19(27-25(31)28-9-2-3-10-28)13-22(17)18-12-23(24-26-8-11-29(24)14-18)30-15-20-6-7-21(16-30)32-20/h4-5,8,11-14,20-21H,2-3,6-7,9-10,15-16H2,1H3,(H,27,31). The molecular weight excluding hydrogens is 402 g/mol. The maximum atomic E-state index is 12.6. The molecule has 1 N–H and O–H groups in total. The van der Waals surface area contributed by atoms with Crippen molar-refractivity contribution in [3.63, 3.8) is 0 Å². The number of ether oxygens (including phenoxy) is 1. The van der Waals surface area contributed by atoms with Crippen LogP contribution in [0.2, 0.25) is 0 Å². The Hall–Kier alpha value is -3.06. The number of hydrogen-bond donors (Lipinski definition) is 1. The third kappa shape index (κ3) is 3.50. The molecule has 0 spiro atoms. The normalized spacial score (nSPS) is 22.7. The molecule has 2 aromatic heterocycles. The smallest absolute Gasteiger partial charge is 0.321 e. The highest BCUT2D eigenvalue weighted by Crippen LogP contribution is 2.35. The molecule has 1 aromatic carbocycles. The van der Waals surface area contributed by atoms with Gasteiger partial charge in [-0.05, 0) is 61.9 Å². The Labute approximate surface area is 188 Å². The summed E-state index contributed by atoms with van der Waals surface area (Å²) >= 11 is 0. The summed E-state index contributed by atoms with van der Waals surface area (Å²) in [5, 5.41) is 3.09. The number of pyridine rings is 1. The molecule has 3 fully saturated rings. The lowest BCUT2D eigenvalue weighted by Gasteiger charge is -2.34. The Balaban J connectivity index is 1.36. The number of nitrogens with one attached hydrogen (secondary N) is 1. The number of morpholine rings is 1. The van der Waals surface area contributed by atoms with Gasteiger partial charge in [0, 0.05) is 56.0 Å². The number of rotatable bonds is 3. The molecule has 2 unspecified atom stereocenters. The zero-order valence-electron chi connectivity index (χ0n) is 18.5. The number of carbonyl (C=O) groups excluding carboxylic acids is 1. The first-order chi connectivity index (χ1) is 15.6. The number of benzene rings is 1. The SMILES string of the molecule is Cc1ccc(NC(=O)N2CCCC2)cc1-c1cc(N2CC3CCC(C2)O3)c2nccn2c1. The molecule has 2 amide bonds. The molecule has 0 saturated carbocycles. The first kappa shape index (κ1) is 19.6. The van der Waals surface area contributed by atoms with Crippen molar-refractivity contribution in [3.05, 3.63) is 48.4 Å². The number of likely N-dealkylation sites (tertiary alicyclic amines) is 1. The van der Waals surface area contributed by atoms with Gasteiger partial charge in [0.05, 0.1) is 17.9 Å². The zero-order valence-corrected chi connectivity index (χ0v) is 18.5. The number of fused-ring (bicyclic) bond motifs is 3. The number of urea groups is 1. The van der Waals surface area contributed by atoms with Gasteiger partial charge in [-0.3, -0.25) is 0 Å². The fourth-order valence-corrected chi connectivity index (χ4v) is 5.34. The number of anilines is 2. The third-order valence-electron chi connectivity index (χ3n) is 7.05. The largest absolute Gasteiger partial charge is 0.371 e. The minimum atomic E-state index is -0.00755. The first-order valence-electron chi connectivity index (χ1n) is 11.7. The van der Waals surface area contributed by atoms with Gasteiger partial charge in [-0.25, -0.2) is 9.78 Å². The van der Waals surface area contributed by atoms with E-state index >= 15 is 0 Å². The van der Waals surface area contributed by atoms with E-state index in [-0.39, 0.29) is 6.03 Å². The van der Waals surface area contributed by atoms with Crippen LogP contribution in [0.1, 0.15) is 31.2 Å². The molecule has 0 radical (unpaired) electrons. The molecule has 3 aliphatic rings. The Morgan fingerprint density at radius 3 is 2.69 bits per heavy atom. The number of carbonyl (C=O) groups is 1. The maximum Gasteiger partial charge on any atom is 0.321 e. The summed E-state index contributed by atoms with van der Waals surface area (Å²) < 4.78 is 8.17. The molecule has 5 heterocycles. The van der Waals surface area contributed by atoms with E-state index in [0.717, 1.165) is 80.0 Å². The lowest BCUT2D eigenvalue weighted by atomic mass is 10.0. The van der Waals surface area contributed by atoms with Crippen LogP contribution < -0.4 is 10.2 Å². The molecule has 2 bridgehead atoms. The van der Waals surface area contributed by atoms with Crippen molar-refractivity contribution in [2.45, 2.75) is 44.8 Å². The lowest BCUT2D eigenvalue weighted by Crippen LogP contribution is -2.42. The van der Waals surface area contributed by atoms with Crippen molar-refractivity contribution in [3.8, 4) is 11.1 Å². The highest BCUT2D eigenvalue weighted by molar-refractivity contribution is 5.91. The second-order valence-corrected chi connectivity index (χ2v) is 9.29. The molecule has 7 nitrogen and oxygen atoms in total. The summed E-state index contributed by atoms with van der Waals surface area (Å²) in [6.07, 6.45) is 11.1. The molecule has 32 heavy (non-hydrogen) atoms. The fraction of sp³-hybridized carbons (Fsp3) is 0.440. The van der Waals surface area contributed by atoms with Crippen LogP contribution in [0.4, 0.5) is 16.2 Å². The predicted molar refractivity (Wildman–Crippen MR) is 125 cm³/mol. The van der Waals surface area contributed by atoms with Crippen LogP contribution in [0, 0.1) is 6.92 Å². The zero-order chi connectivity index (χ0) is 21.7. The Kier molecular flexibility index (Phi) is 4.79. The van der Waals surface area contributed by atoms with Crippen molar-refractivity contribution in [1.82, 2.24) is 14.3 Å². The van der Waals surface area contributed by atoms with E-state index in [1.54, 1.807) is 0 Å². The number of aryl methyl sites for hydroxylation is 1. The van der Waals surface area contributed by atoms with Crippen LogP contribution in [0.3, 0.4) is 0 Å². The van der Waals surface area contributed by atoms with E-state index in [1.807, 2.05) is 23.4 Å². The quantitative estimate of drug-likeness (QED) is 0.672. The van der Waals surface area contributed by atoms with Gasteiger partial charge in [-0.1, -0.05) is 6.07 Å². The van der Waals surface area contributed by atoms with Crippen molar-refractivity contribution in [2.75, 3.05) is 36.4 Å². The third-order valence-corrected chi connectivity index (χ3v) is 7.05. The van der Waals surface area contributed by atoms with Crippen LogP contribution in [-0.4, -0.2) is 58.7 Å². The fourth-order valence-electron chi connectivity index (χ4n) is 5.34. The van der Waals surface area contributed by atoms with Crippen LogP contribution in [0.25, 0.3) is 16.8 Å². The van der Waals surface area contributed by atoms with Gasteiger partial charge in [-0.15, -0.1) is 0 Å². The number of amides is 2. The molecule has 7 heteroatoms. The van der Waals surface area contributed by atoms with Gasteiger partial charge in [0.15, 0.2) is 5.65 Å². The van der Waals surface area contributed by atoms with Crippen LogP contribution >= 0.6 is 0 Å². The highest BCUT2D eigenvalue weighted by atomic mass is 16.5. The van der Waals surface area contributed by atoms with Crippen molar-refractivity contribution >= 4 is 23.1 Å². The molecule has 2 atom stereocenters. The number of nitrogens with zero attached hydrogens (tertiary/aromatic N) is 4. The lowest BCUT2D eigenvalue weighted by molar-refractivity contribution is 0.0305. The van der Waals surface area contributed by atoms with E-state index in [0.29, 0.717) is 12.2 Å². The van der Waals surface area contributed by atoms with Gasteiger partial charge in [-0.2, -0.15) is 0 Å². The predicted octanol–water partition coefficient (Wildman–Crippen LogP) is 4.31. The van der Waals surface area contributed by atoms with E-state index in [1.165, 1.54) is 5.56 Å². The van der Waals surface area contributed by atoms with Crippen LogP contribution in [-0.2, 0) is 4.74 Å². The summed E-state index contributed by atoms with van der Waals surface area (Å²) in [5.74, 6) is 0. The number of imidazole rings is 1. The van der Waals surface area contributed by atoms with Crippen molar-refractivity contribution in [1.29, 1.82) is 0 Å². The number of aromatic nitrogens is 2. The number of hydrogen-bond acceptors (Lipinski definition) is 4. The molecule has 166 valence electrons. The molecule has 3 saturated heterocycles. The van der Waals surface area contributed by atoms with Crippen LogP contribution in [0.15, 0.2) is 42.9 Å². The van der Waals surface area contributed by atoms with Crippen molar-refractivity contribution in [2.24, 2.45) is 0 Å². The second-order valence-electron chi connectivity index (χ2n) is 9.29. The van der Waals surface area contributed by atoms with E-state index < -0.39 is 0 Å². The topological polar surface area (TPSA) is 62.1 Å². The molecule has 0 aliphatic carbocycles. The molecule has 6 rings (SSSR count). The summed E-state index contributed by atoms with van der Waals surface area (Å²) in [5.41, 5.74) is 6.39. The molecular formula is C25H29N5O2. The van der Waals surface area contributed by atoms with Gasteiger partial charge >= 0.3 is 6.03 Å². The van der Waals surface area contributed by atoms with Gasteiger partial charge in [0.25, 0.3) is 0 Å². The van der Waals surface area contributed by atoms with E-state index in [9.17, 15) is 4.79 Å². The van der Waals surface area contributed by atoms with Crippen LogP contribution in [0.5, 0.6) is 0 Å². The summed E-state index contributed by atoms with van der Waals surface area (Å²) in [6, 6.07) is 8.41. The highest BCUT2D eigenvalue weighted by Gasteiger charge is 2.34.